The van der Waals surface area contributed by atoms with Crippen LogP contribution in [0.4, 0.5) is 4.39 Å². The van der Waals surface area contributed by atoms with Gasteiger partial charge in [-0.15, -0.1) is 11.3 Å². The molecule has 2 aromatic heterocycles. The molecule has 3 rings (SSSR count). The smallest absolute Gasteiger partial charge is 0.348 e. The first-order valence-corrected chi connectivity index (χ1v) is 7.56. The molecule has 1 unspecified atom stereocenters. The van der Waals surface area contributed by atoms with Crippen LogP contribution in [0.3, 0.4) is 0 Å². The van der Waals surface area contributed by atoms with Gasteiger partial charge in [0.25, 0.3) is 0 Å². The standard InChI is InChI=1S/C15H14FNO3S/c16-11-3-4-13(17-9-11)20-15(14(18)19)6-1-2-12-10(8-15)5-7-21-12/h3-5,7,9H,1-2,6,8H2,(H,18,19). The van der Waals surface area contributed by atoms with E-state index in [0.29, 0.717) is 12.8 Å². The van der Waals surface area contributed by atoms with Crippen LogP contribution in [0, 0.1) is 5.82 Å². The zero-order valence-electron chi connectivity index (χ0n) is 11.2. The van der Waals surface area contributed by atoms with E-state index in [2.05, 4.69) is 4.98 Å². The number of aryl methyl sites for hydroxylation is 1. The molecule has 0 spiro atoms. The third-order valence-electron chi connectivity index (χ3n) is 3.69. The van der Waals surface area contributed by atoms with E-state index in [1.807, 2.05) is 11.4 Å². The number of carboxylic acids is 1. The van der Waals surface area contributed by atoms with Crippen LogP contribution in [0.1, 0.15) is 23.3 Å². The summed E-state index contributed by atoms with van der Waals surface area (Å²) in [7, 11) is 0. The van der Waals surface area contributed by atoms with Gasteiger partial charge in [0.05, 0.1) is 6.20 Å². The van der Waals surface area contributed by atoms with Crippen LogP contribution >= 0.6 is 11.3 Å². The second-order valence-corrected chi connectivity index (χ2v) is 6.12. The first-order valence-electron chi connectivity index (χ1n) is 6.68. The summed E-state index contributed by atoms with van der Waals surface area (Å²) in [4.78, 5) is 16.8. The molecular weight excluding hydrogens is 293 g/mol. The Kier molecular flexibility index (Phi) is 3.63. The molecule has 0 bridgehead atoms. The quantitative estimate of drug-likeness (QED) is 0.885. The highest BCUT2D eigenvalue weighted by Gasteiger charge is 2.43. The Bertz CT molecular complexity index is 655. The molecule has 0 amide bonds. The van der Waals surface area contributed by atoms with Gasteiger partial charge in [-0.05, 0) is 42.3 Å². The number of carbonyl (C=O) groups is 1. The van der Waals surface area contributed by atoms with E-state index in [4.69, 9.17) is 4.74 Å². The van der Waals surface area contributed by atoms with Crippen molar-refractivity contribution in [3.05, 3.63) is 46.0 Å². The van der Waals surface area contributed by atoms with Gasteiger partial charge < -0.3 is 9.84 Å². The van der Waals surface area contributed by atoms with Crippen molar-refractivity contribution in [1.29, 1.82) is 0 Å². The maximum atomic E-state index is 12.9. The average molecular weight is 307 g/mol. The summed E-state index contributed by atoms with van der Waals surface area (Å²) in [5.41, 5.74) is -0.320. The number of nitrogens with zero attached hydrogens (tertiary/aromatic N) is 1. The molecule has 0 aliphatic heterocycles. The van der Waals surface area contributed by atoms with Gasteiger partial charge in [0.15, 0.2) is 0 Å². The van der Waals surface area contributed by atoms with Crippen LogP contribution in [0.15, 0.2) is 29.8 Å². The minimum atomic E-state index is -1.34. The number of ether oxygens (including phenoxy) is 1. The lowest BCUT2D eigenvalue weighted by molar-refractivity contribution is -0.156. The Labute approximate surface area is 125 Å². The molecular formula is C15H14FNO3S. The number of halogens is 1. The van der Waals surface area contributed by atoms with Gasteiger partial charge in [-0.2, -0.15) is 0 Å². The predicted octanol–water partition coefficient (Wildman–Crippen LogP) is 3.06. The Balaban J connectivity index is 1.93. The van der Waals surface area contributed by atoms with Gasteiger partial charge >= 0.3 is 5.97 Å². The van der Waals surface area contributed by atoms with E-state index in [1.54, 1.807) is 11.3 Å². The largest absolute Gasteiger partial charge is 0.478 e. The molecule has 21 heavy (non-hydrogen) atoms. The van der Waals surface area contributed by atoms with Crippen molar-refractivity contribution in [2.24, 2.45) is 0 Å². The van der Waals surface area contributed by atoms with Crippen molar-refractivity contribution in [3.8, 4) is 5.88 Å². The molecule has 1 atom stereocenters. The number of hydrogen-bond acceptors (Lipinski definition) is 4. The summed E-state index contributed by atoms with van der Waals surface area (Å²) in [6, 6.07) is 4.52. The summed E-state index contributed by atoms with van der Waals surface area (Å²) in [5.74, 6) is -1.35. The summed E-state index contributed by atoms with van der Waals surface area (Å²) < 4.78 is 18.6. The van der Waals surface area contributed by atoms with Crippen LogP contribution in [0.25, 0.3) is 0 Å². The highest BCUT2D eigenvalue weighted by molar-refractivity contribution is 7.10. The molecule has 2 aromatic rings. The second kappa shape index (κ2) is 5.44. The summed E-state index contributed by atoms with van der Waals surface area (Å²) in [5, 5.41) is 11.6. The minimum absolute atomic E-state index is 0.137. The lowest BCUT2D eigenvalue weighted by Gasteiger charge is -2.28. The van der Waals surface area contributed by atoms with E-state index in [0.717, 1.165) is 24.6 Å². The lowest BCUT2D eigenvalue weighted by atomic mass is 9.92. The maximum absolute atomic E-state index is 12.9. The molecule has 4 nitrogen and oxygen atoms in total. The SMILES string of the molecule is O=C(O)C1(Oc2ccc(F)cn2)CCCc2sccc2C1. The zero-order valence-corrected chi connectivity index (χ0v) is 12.0. The molecule has 1 aliphatic rings. The second-order valence-electron chi connectivity index (χ2n) is 5.12. The lowest BCUT2D eigenvalue weighted by Crippen LogP contribution is -2.46. The first kappa shape index (κ1) is 14.0. The number of aromatic nitrogens is 1. The van der Waals surface area contributed by atoms with E-state index < -0.39 is 17.4 Å². The Hall–Kier alpha value is -1.95. The van der Waals surface area contributed by atoms with Crippen LogP contribution in [0.2, 0.25) is 0 Å². The highest BCUT2D eigenvalue weighted by atomic mass is 32.1. The van der Waals surface area contributed by atoms with Gasteiger partial charge in [0.2, 0.25) is 11.5 Å². The van der Waals surface area contributed by atoms with Gasteiger partial charge in [-0.25, -0.2) is 14.2 Å². The molecule has 1 aliphatic carbocycles. The predicted molar refractivity (Wildman–Crippen MR) is 76.2 cm³/mol. The molecule has 6 heteroatoms. The maximum Gasteiger partial charge on any atom is 0.348 e. The average Bonchev–Trinajstić information content (AvgIpc) is 2.80. The van der Waals surface area contributed by atoms with E-state index >= 15 is 0 Å². The fraction of sp³-hybridized carbons (Fsp3) is 0.333. The molecule has 0 fully saturated rings. The fourth-order valence-electron chi connectivity index (χ4n) is 2.61. The first-order chi connectivity index (χ1) is 10.1. The van der Waals surface area contributed by atoms with Crippen LogP contribution in [0.5, 0.6) is 5.88 Å². The van der Waals surface area contributed by atoms with Crippen molar-refractivity contribution in [2.75, 3.05) is 0 Å². The third-order valence-corrected chi connectivity index (χ3v) is 4.71. The summed E-state index contributed by atoms with van der Waals surface area (Å²) in [6.07, 6.45) is 3.34. The number of aliphatic carboxylic acids is 1. The Morgan fingerprint density at radius 1 is 1.43 bits per heavy atom. The van der Waals surface area contributed by atoms with Crippen molar-refractivity contribution in [1.82, 2.24) is 4.98 Å². The number of fused-ring (bicyclic) bond motifs is 1. The van der Waals surface area contributed by atoms with Crippen LogP contribution in [-0.2, 0) is 17.6 Å². The van der Waals surface area contributed by atoms with Crippen molar-refractivity contribution in [3.63, 3.8) is 0 Å². The van der Waals surface area contributed by atoms with E-state index in [9.17, 15) is 14.3 Å². The zero-order chi connectivity index (χ0) is 14.9. The van der Waals surface area contributed by atoms with Crippen LogP contribution in [-0.4, -0.2) is 21.7 Å². The number of pyridine rings is 1. The molecule has 0 aromatic carbocycles. The molecule has 0 radical (unpaired) electrons. The van der Waals surface area contributed by atoms with Crippen LogP contribution < -0.4 is 4.74 Å². The molecule has 1 N–H and O–H groups in total. The highest BCUT2D eigenvalue weighted by Crippen LogP contribution is 2.34. The minimum Gasteiger partial charge on any atom is -0.478 e. The van der Waals surface area contributed by atoms with Gasteiger partial charge in [-0.1, -0.05) is 0 Å². The van der Waals surface area contributed by atoms with Gasteiger partial charge in [0.1, 0.15) is 5.82 Å². The summed E-state index contributed by atoms with van der Waals surface area (Å²) >= 11 is 1.65. The van der Waals surface area contributed by atoms with Crippen molar-refractivity contribution < 1.29 is 19.0 Å². The molecule has 110 valence electrons. The number of rotatable bonds is 3. The number of hydrogen-bond donors (Lipinski definition) is 1. The van der Waals surface area contributed by atoms with Gasteiger partial charge in [0, 0.05) is 17.4 Å². The molecule has 2 heterocycles. The number of carboxylic acid groups (broad SMARTS) is 1. The third kappa shape index (κ3) is 2.76. The fourth-order valence-corrected chi connectivity index (χ4v) is 3.56. The normalized spacial score (nSPS) is 21.4. The Morgan fingerprint density at radius 3 is 3.00 bits per heavy atom. The number of thiophene rings is 1. The molecule has 0 saturated carbocycles. The van der Waals surface area contributed by atoms with E-state index in [1.165, 1.54) is 17.0 Å². The Morgan fingerprint density at radius 2 is 2.29 bits per heavy atom. The monoisotopic (exact) mass is 307 g/mol. The summed E-state index contributed by atoms with van der Waals surface area (Å²) in [6.45, 7) is 0. The van der Waals surface area contributed by atoms with Crippen molar-refractivity contribution in [2.45, 2.75) is 31.3 Å². The van der Waals surface area contributed by atoms with Gasteiger partial charge in [-0.3, -0.25) is 0 Å². The molecule has 0 saturated heterocycles. The van der Waals surface area contributed by atoms with E-state index in [-0.39, 0.29) is 5.88 Å². The van der Waals surface area contributed by atoms with Crippen molar-refractivity contribution >= 4 is 17.3 Å². The topological polar surface area (TPSA) is 59.4 Å².